The fraction of sp³-hybridized carbons (Fsp3) is 0.533. The van der Waals surface area contributed by atoms with Crippen molar-refractivity contribution in [3.8, 4) is 5.75 Å². The first-order valence-electron chi connectivity index (χ1n) is 7.02. The second-order valence-corrected chi connectivity index (χ2v) is 4.46. The van der Waals surface area contributed by atoms with Crippen molar-refractivity contribution in [2.75, 3.05) is 32.8 Å². The normalized spacial score (nSPS) is 10.1. The Bertz CT molecular complexity index is 391. The van der Waals surface area contributed by atoms with Crippen molar-refractivity contribution in [2.24, 2.45) is 0 Å². The van der Waals surface area contributed by atoms with Crippen LogP contribution in [0.3, 0.4) is 0 Å². The van der Waals surface area contributed by atoms with Crippen LogP contribution in [-0.4, -0.2) is 64.1 Å². The molecule has 0 radical (unpaired) electrons. The molecule has 0 heterocycles. The number of benzene rings is 1. The standard InChI is InChI=1S/C8H19NO2.C7H6O3/c1-2-3-4-9(5-7-10)6-8-11;8-6-4-2-1-3-5(6)7(9)10/h10-11H,2-8H2,1H3;1-4,8H,(H,9,10). The van der Waals surface area contributed by atoms with Crippen LogP contribution in [0.1, 0.15) is 30.1 Å². The molecule has 0 aliphatic heterocycles. The number of rotatable bonds is 8. The van der Waals surface area contributed by atoms with Crippen LogP contribution in [0.15, 0.2) is 24.3 Å². The van der Waals surface area contributed by atoms with E-state index in [0.29, 0.717) is 13.1 Å². The Balaban J connectivity index is 0.000000382. The number of carboxylic acid groups (broad SMARTS) is 1. The minimum atomic E-state index is -1.11. The van der Waals surface area contributed by atoms with E-state index in [2.05, 4.69) is 11.8 Å². The first-order chi connectivity index (χ1) is 10.1. The van der Waals surface area contributed by atoms with Gasteiger partial charge in [-0.25, -0.2) is 4.79 Å². The Morgan fingerprint density at radius 3 is 2.05 bits per heavy atom. The number of para-hydroxylation sites is 1. The second kappa shape index (κ2) is 12.1. The molecule has 0 saturated carbocycles. The molecule has 0 bridgehead atoms. The molecule has 0 aromatic heterocycles. The van der Waals surface area contributed by atoms with Gasteiger partial charge in [-0.05, 0) is 25.1 Å². The minimum Gasteiger partial charge on any atom is -0.507 e. The summed E-state index contributed by atoms with van der Waals surface area (Å²) in [5.74, 6) is -1.31. The third-order valence-corrected chi connectivity index (χ3v) is 2.79. The van der Waals surface area contributed by atoms with E-state index in [0.717, 1.165) is 19.4 Å². The van der Waals surface area contributed by atoms with Gasteiger partial charge in [0.25, 0.3) is 0 Å². The Morgan fingerprint density at radius 2 is 1.67 bits per heavy atom. The lowest BCUT2D eigenvalue weighted by Crippen LogP contribution is -2.30. The highest BCUT2D eigenvalue weighted by Gasteiger charge is 2.05. The molecule has 1 aromatic rings. The number of aromatic carboxylic acids is 1. The van der Waals surface area contributed by atoms with Crippen molar-refractivity contribution in [2.45, 2.75) is 19.8 Å². The largest absolute Gasteiger partial charge is 0.507 e. The summed E-state index contributed by atoms with van der Waals surface area (Å²) in [5, 5.41) is 34.6. The highest BCUT2D eigenvalue weighted by molar-refractivity contribution is 5.90. The molecule has 1 aromatic carbocycles. The summed E-state index contributed by atoms with van der Waals surface area (Å²) in [6, 6.07) is 5.81. The van der Waals surface area contributed by atoms with Gasteiger partial charge in [0, 0.05) is 13.1 Å². The first kappa shape index (κ1) is 19.4. The summed E-state index contributed by atoms with van der Waals surface area (Å²) in [4.78, 5) is 12.3. The summed E-state index contributed by atoms with van der Waals surface area (Å²) in [6.45, 7) is 4.85. The highest BCUT2D eigenvalue weighted by atomic mass is 16.4. The molecule has 0 aliphatic rings. The van der Waals surface area contributed by atoms with Gasteiger partial charge in [0.1, 0.15) is 11.3 Å². The van der Waals surface area contributed by atoms with Crippen LogP contribution in [0.5, 0.6) is 5.75 Å². The Hall–Kier alpha value is -1.63. The van der Waals surface area contributed by atoms with Gasteiger partial charge in [-0.3, -0.25) is 4.90 Å². The maximum Gasteiger partial charge on any atom is 0.339 e. The fourth-order valence-corrected chi connectivity index (χ4v) is 1.65. The van der Waals surface area contributed by atoms with E-state index in [9.17, 15) is 4.79 Å². The van der Waals surface area contributed by atoms with Crippen molar-refractivity contribution in [1.29, 1.82) is 0 Å². The molecule has 1 rings (SSSR count). The molecule has 0 unspecified atom stereocenters. The maximum absolute atomic E-state index is 10.3. The summed E-state index contributed by atoms with van der Waals surface area (Å²) < 4.78 is 0. The number of aromatic hydroxyl groups is 1. The van der Waals surface area contributed by atoms with Crippen LogP contribution in [0.2, 0.25) is 0 Å². The summed E-state index contributed by atoms with van der Waals surface area (Å²) in [6.07, 6.45) is 2.30. The van der Waals surface area contributed by atoms with E-state index in [1.807, 2.05) is 0 Å². The number of phenols is 1. The minimum absolute atomic E-state index is 0.0671. The van der Waals surface area contributed by atoms with Gasteiger partial charge in [0.15, 0.2) is 0 Å². The molecule has 120 valence electrons. The van der Waals surface area contributed by atoms with Gasteiger partial charge in [-0.15, -0.1) is 0 Å². The third-order valence-electron chi connectivity index (χ3n) is 2.79. The molecule has 21 heavy (non-hydrogen) atoms. The van der Waals surface area contributed by atoms with E-state index in [-0.39, 0.29) is 24.5 Å². The third kappa shape index (κ3) is 9.01. The molecule has 4 N–H and O–H groups in total. The quantitative estimate of drug-likeness (QED) is 0.575. The van der Waals surface area contributed by atoms with Crippen LogP contribution in [-0.2, 0) is 0 Å². The Morgan fingerprint density at radius 1 is 1.10 bits per heavy atom. The van der Waals surface area contributed by atoms with Crippen molar-refractivity contribution in [3.05, 3.63) is 29.8 Å². The number of hydrogen-bond acceptors (Lipinski definition) is 5. The monoisotopic (exact) mass is 299 g/mol. The Kier molecular flexibility index (Phi) is 11.2. The second-order valence-electron chi connectivity index (χ2n) is 4.46. The van der Waals surface area contributed by atoms with E-state index >= 15 is 0 Å². The van der Waals surface area contributed by atoms with E-state index in [4.69, 9.17) is 20.4 Å². The molecule has 0 spiro atoms. The lowest BCUT2D eigenvalue weighted by atomic mass is 10.2. The van der Waals surface area contributed by atoms with Crippen LogP contribution in [0, 0.1) is 0 Å². The average molecular weight is 299 g/mol. The zero-order chi connectivity index (χ0) is 16.1. The molecule has 6 heteroatoms. The summed E-state index contributed by atoms with van der Waals surface area (Å²) in [5.41, 5.74) is -0.0671. The van der Waals surface area contributed by atoms with Crippen LogP contribution < -0.4 is 0 Å². The van der Waals surface area contributed by atoms with E-state index in [1.165, 1.54) is 12.1 Å². The molecule has 0 fully saturated rings. The molecule has 0 aliphatic carbocycles. The van der Waals surface area contributed by atoms with Gasteiger partial charge in [0.2, 0.25) is 0 Å². The zero-order valence-electron chi connectivity index (χ0n) is 12.4. The predicted octanol–water partition coefficient (Wildman–Crippen LogP) is 1.16. The number of carboxylic acids is 1. The maximum atomic E-state index is 10.3. The molecule has 0 saturated heterocycles. The van der Waals surface area contributed by atoms with E-state index in [1.54, 1.807) is 12.1 Å². The van der Waals surface area contributed by atoms with Gasteiger partial charge < -0.3 is 20.4 Å². The van der Waals surface area contributed by atoms with Crippen LogP contribution in [0.4, 0.5) is 0 Å². The van der Waals surface area contributed by atoms with Gasteiger partial charge in [-0.1, -0.05) is 25.5 Å². The SMILES string of the molecule is CCCCN(CCO)CCO.O=C(O)c1ccccc1O. The number of hydrogen-bond donors (Lipinski definition) is 4. The summed E-state index contributed by atoms with van der Waals surface area (Å²) >= 11 is 0. The number of unbranched alkanes of at least 4 members (excludes halogenated alkanes) is 1. The van der Waals surface area contributed by atoms with Crippen LogP contribution >= 0.6 is 0 Å². The van der Waals surface area contributed by atoms with E-state index < -0.39 is 5.97 Å². The number of aliphatic hydroxyl groups excluding tert-OH is 2. The smallest absolute Gasteiger partial charge is 0.339 e. The van der Waals surface area contributed by atoms with Gasteiger partial charge in [-0.2, -0.15) is 0 Å². The van der Waals surface area contributed by atoms with Crippen molar-refractivity contribution >= 4 is 5.97 Å². The Labute approximate surface area is 125 Å². The summed E-state index contributed by atoms with van der Waals surface area (Å²) in [7, 11) is 0. The van der Waals surface area contributed by atoms with Crippen molar-refractivity contribution < 1.29 is 25.2 Å². The molecule has 0 atom stereocenters. The number of carbonyl (C=O) groups is 1. The van der Waals surface area contributed by atoms with Gasteiger partial charge >= 0.3 is 5.97 Å². The number of nitrogens with zero attached hydrogens (tertiary/aromatic N) is 1. The lowest BCUT2D eigenvalue weighted by Gasteiger charge is -2.19. The number of aliphatic hydroxyl groups is 2. The molecule has 6 nitrogen and oxygen atoms in total. The van der Waals surface area contributed by atoms with Crippen LogP contribution in [0.25, 0.3) is 0 Å². The average Bonchev–Trinajstić information content (AvgIpc) is 2.46. The molecular formula is C15H25NO5. The van der Waals surface area contributed by atoms with Crippen molar-refractivity contribution in [3.63, 3.8) is 0 Å². The first-order valence-corrected chi connectivity index (χ1v) is 7.02. The highest BCUT2D eigenvalue weighted by Crippen LogP contribution is 2.14. The molecular weight excluding hydrogens is 274 g/mol. The lowest BCUT2D eigenvalue weighted by molar-refractivity contribution is 0.0693. The molecule has 0 amide bonds. The van der Waals surface area contributed by atoms with Gasteiger partial charge in [0.05, 0.1) is 13.2 Å². The predicted molar refractivity (Wildman–Crippen MR) is 80.6 cm³/mol. The fourth-order valence-electron chi connectivity index (χ4n) is 1.65. The zero-order valence-corrected chi connectivity index (χ0v) is 12.4. The topological polar surface area (TPSA) is 101 Å². The van der Waals surface area contributed by atoms with Crippen molar-refractivity contribution in [1.82, 2.24) is 4.90 Å².